The van der Waals surface area contributed by atoms with Crippen molar-refractivity contribution in [3.63, 3.8) is 0 Å². The largest absolute Gasteiger partial charge is 0.481 e. The molecule has 0 spiro atoms. The number of hydrogen-bond donors (Lipinski definition) is 1. The number of aliphatic carboxylic acids is 1. The molecule has 3 atom stereocenters. The maximum absolute atomic E-state index is 13.0. The number of rotatable bonds is 6. The van der Waals surface area contributed by atoms with Gasteiger partial charge in [-0.2, -0.15) is 18.4 Å². The summed E-state index contributed by atoms with van der Waals surface area (Å²) in [5.74, 6) is -2.74. The van der Waals surface area contributed by atoms with Gasteiger partial charge in [-0.15, -0.1) is 0 Å². The molecule has 1 aliphatic rings. The number of ether oxygens (including phenoxy) is 1. The van der Waals surface area contributed by atoms with Gasteiger partial charge in [0.05, 0.1) is 12.0 Å². The van der Waals surface area contributed by atoms with Gasteiger partial charge in [-0.25, -0.2) is 0 Å². The number of benzene rings is 2. The topological polar surface area (TPSA) is 70.3 Å². The summed E-state index contributed by atoms with van der Waals surface area (Å²) in [5, 5.41) is 18.6. The van der Waals surface area contributed by atoms with E-state index in [0.29, 0.717) is 23.1 Å². The first-order valence-electron chi connectivity index (χ1n) is 9.36. The highest BCUT2D eigenvalue weighted by molar-refractivity contribution is 6.30. The number of para-hydroxylation sites is 1. The molecule has 3 rings (SSSR count). The minimum Gasteiger partial charge on any atom is -0.481 e. The lowest BCUT2D eigenvalue weighted by Gasteiger charge is -2.22. The lowest BCUT2D eigenvalue weighted by molar-refractivity contribution is -0.145. The van der Waals surface area contributed by atoms with Crippen molar-refractivity contribution in [3.8, 4) is 17.6 Å². The molecule has 0 amide bonds. The third kappa shape index (κ3) is 3.88. The van der Waals surface area contributed by atoms with Crippen LogP contribution in [0.25, 0.3) is 0 Å². The van der Waals surface area contributed by atoms with Gasteiger partial charge >= 0.3 is 12.1 Å². The van der Waals surface area contributed by atoms with E-state index < -0.39 is 39.8 Å². The van der Waals surface area contributed by atoms with Gasteiger partial charge in [-0.05, 0) is 35.2 Å². The number of alkyl halides is 3. The molecular weight excluding hydrogens is 431 g/mol. The predicted octanol–water partition coefficient (Wildman–Crippen LogP) is 6.50. The molecule has 1 N–H and O–H groups in total. The summed E-state index contributed by atoms with van der Waals surface area (Å²) in [7, 11) is 0. The van der Waals surface area contributed by atoms with Gasteiger partial charge in [0.15, 0.2) is 0 Å². The summed E-state index contributed by atoms with van der Waals surface area (Å²) in [6, 6.07) is 17.2. The van der Waals surface area contributed by atoms with Crippen LogP contribution in [-0.2, 0) is 4.79 Å². The van der Waals surface area contributed by atoms with Crippen LogP contribution >= 0.6 is 11.6 Å². The van der Waals surface area contributed by atoms with Gasteiger partial charge in [0.2, 0.25) is 0 Å². The summed E-state index contributed by atoms with van der Waals surface area (Å²) < 4.78 is 44.7. The predicted molar refractivity (Wildman–Crippen MR) is 109 cm³/mol. The van der Waals surface area contributed by atoms with E-state index in [-0.39, 0.29) is 0 Å². The Morgan fingerprint density at radius 2 is 1.81 bits per heavy atom. The van der Waals surface area contributed by atoms with Crippen LogP contribution in [0.4, 0.5) is 13.2 Å². The third-order valence-corrected chi connectivity index (χ3v) is 6.28. The van der Waals surface area contributed by atoms with Gasteiger partial charge < -0.3 is 9.84 Å². The highest BCUT2D eigenvalue weighted by Crippen LogP contribution is 2.75. The van der Waals surface area contributed by atoms with Crippen LogP contribution in [0.1, 0.15) is 25.3 Å². The first-order chi connectivity index (χ1) is 14.5. The van der Waals surface area contributed by atoms with Crippen LogP contribution < -0.4 is 4.74 Å². The Bertz CT molecular complexity index is 1060. The number of allylic oxidation sites excluding steroid dienone is 2. The molecule has 8 heteroatoms. The standard InChI is InChI=1S/C23H19ClF3NO3/c1-21(2)18(12-19(24)23(25,26)27)22(21,20(29)30)17(13-28)14-7-6-10-16(11-14)31-15-8-4-3-5-9-15/h3-12,17-18H,1-2H3,(H,29,30)/b19-12+/t17-,18?,22+/m0/s1. The van der Waals surface area contributed by atoms with E-state index in [4.69, 9.17) is 16.3 Å². The van der Waals surface area contributed by atoms with E-state index in [1.54, 1.807) is 42.5 Å². The fourth-order valence-electron chi connectivity index (χ4n) is 4.32. The van der Waals surface area contributed by atoms with Gasteiger partial charge in [-0.3, -0.25) is 4.79 Å². The SMILES string of the molecule is CC1(C)C(/C=C(/Cl)C(F)(F)F)[C@@]1(C(=O)O)[C@@H](C#N)c1cccc(Oc2ccccc2)c1. The van der Waals surface area contributed by atoms with Crippen LogP contribution in [0.2, 0.25) is 0 Å². The van der Waals surface area contributed by atoms with Crippen LogP contribution in [0.5, 0.6) is 11.5 Å². The van der Waals surface area contributed by atoms with E-state index in [1.165, 1.54) is 19.9 Å². The Balaban J connectivity index is 2.03. The molecule has 2 aromatic carbocycles. The molecular formula is C23H19ClF3NO3. The first kappa shape index (κ1) is 22.7. The average molecular weight is 450 g/mol. The van der Waals surface area contributed by atoms with Gasteiger partial charge in [-0.1, -0.05) is 61.9 Å². The Labute approximate surface area is 182 Å². The minimum absolute atomic E-state index is 0.338. The second kappa shape index (κ2) is 7.93. The zero-order valence-electron chi connectivity index (χ0n) is 16.7. The maximum Gasteiger partial charge on any atom is 0.426 e. The number of carbonyl (C=O) groups is 1. The van der Waals surface area contributed by atoms with Crippen molar-refractivity contribution in [1.29, 1.82) is 5.26 Å². The number of hydrogen-bond acceptors (Lipinski definition) is 3. The number of nitriles is 1. The van der Waals surface area contributed by atoms with Crippen molar-refractivity contribution in [2.75, 3.05) is 0 Å². The fourth-order valence-corrected chi connectivity index (χ4v) is 4.45. The van der Waals surface area contributed by atoms with Crippen LogP contribution in [-0.4, -0.2) is 17.3 Å². The monoisotopic (exact) mass is 449 g/mol. The number of halogens is 4. The summed E-state index contributed by atoms with van der Waals surface area (Å²) in [6.07, 6.45) is -4.08. The smallest absolute Gasteiger partial charge is 0.426 e. The molecule has 0 radical (unpaired) electrons. The van der Waals surface area contributed by atoms with Gasteiger partial charge in [0.25, 0.3) is 0 Å². The highest BCUT2D eigenvalue weighted by Gasteiger charge is 2.78. The quantitative estimate of drug-likeness (QED) is 0.546. The number of carboxylic acid groups (broad SMARTS) is 1. The zero-order valence-corrected chi connectivity index (χ0v) is 17.4. The molecule has 0 heterocycles. The van der Waals surface area contributed by atoms with Crippen molar-refractivity contribution >= 4 is 17.6 Å². The van der Waals surface area contributed by atoms with Crippen molar-refractivity contribution in [2.24, 2.45) is 16.7 Å². The molecule has 0 bridgehead atoms. The van der Waals surface area contributed by atoms with Crippen molar-refractivity contribution in [1.82, 2.24) is 0 Å². The van der Waals surface area contributed by atoms with E-state index >= 15 is 0 Å². The molecule has 2 aromatic rings. The van der Waals surface area contributed by atoms with E-state index in [0.717, 1.165) is 0 Å². The van der Waals surface area contributed by atoms with Gasteiger partial charge in [0, 0.05) is 5.92 Å². The molecule has 1 fully saturated rings. The maximum atomic E-state index is 13.0. The second-order valence-corrected chi connectivity index (χ2v) is 8.34. The third-order valence-electron chi connectivity index (χ3n) is 5.94. The average Bonchev–Trinajstić information content (AvgIpc) is 3.18. The molecule has 1 unspecified atom stereocenters. The van der Waals surface area contributed by atoms with E-state index in [1.807, 2.05) is 12.1 Å². The summed E-state index contributed by atoms with van der Waals surface area (Å²) >= 11 is 5.40. The summed E-state index contributed by atoms with van der Waals surface area (Å²) in [6.45, 7) is 3.05. The van der Waals surface area contributed by atoms with Crippen molar-refractivity contribution in [2.45, 2.75) is 25.9 Å². The molecule has 0 aliphatic heterocycles. The molecule has 1 aliphatic carbocycles. The summed E-state index contributed by atoms with van der Waals surface area (Å²) in [4.78, 5) is 12.4. The van der Waals surface area contributed by atoms with Crippen LogP contribution in [0.15, 0.2) is 65.7 Å². The zero-order chi connectivity index (χ0) is 23.0. The molecule has 0 saturated heterocycles. The minimum atomic E-state index is -4.80. The summed E-state index contributed by atoms with van der Waals surface area (Å²) in [5.41, 5.74) is -2.58. The van der Waals surface area contributed by atoms with E-state index in [2.05, 4.69) is 0 Å². The fraction of sp³-hybridized carbons (Fsp3) is 0.304. The van der Waals surface area contributed by atoms with Crippen LogP contribution in [0.3, 0.4) is 0 Å². The number of nitrogens with zero attached hydrogens (tertiary/aromatic N) is 1. The second-order valence-electron chi connectivity index (χ2n) is 7.94. The van der Waals surface area contributed by atoms with Crippen molar-refractivity contribution in [3.05, 3.63) is 71.3 Å². The first-order valence-corrected chi connectivity index (χ1v) is 9.74. The Kier molecular flexibility index (Phi) is 5.81. The molecule has 1 saturated carbocycles. The highest BCUT2D eigenvalue weighted by atomic mass is 35.5. The lowest BCUT2D eigenvalue weighted by atomic mass is 9.78. The number of carboxylic acids is 1. The molecule has 31 heavy (non-hydrogen) atoms. The molecule has 162 valence electrons. The Morgan fingerprint density at radius 1 is 1.19 bits per heavy atom. The normalized spacial score (nSPS) is 23.5. The Hall–Kier alpha value is -2.98. The molecule has 0 aromatic heterocycles. The van der Waals surface area contributed by atoms with Crippen molar-refractivity contribution < 1.29 is 27.8 Å². The van der Waals surface area contributed by atoms with Gasteiger partial charge in [0.1, 0.15) is 21.9 Å². The lowest BCUT2D eigenvalue weighted by Crippen LogP contribution is -2.29. The van der Waals surface area contributed by atoms with Crippen LogP contribution in [0, 0.1) is 28.1 Å². The van der Waals surface area contributed by atoms with E-state index in [9.17, 15) is 28.3 Å². The molecule has 4 nitrogen and oxygen atoms in total. The Morgan fingerprint density at radius 3 is 2.35 bits per heavy atom.